The van der Waals surface area contributed by atoms with Crippen LogP contribution in [-0.2, 0) is 0 Å². The molecule has 0 saturated heterocycles. The molecule has 0 radical (unpaired) electrons. The van der Waals surface area contributed by atoms with Gasteiger partial charge in [0.2, 0.25) is 0 Å². The minimum absolute atomic E-state index is 0.136. The average molecular weight is 301 g/mol. The van der Waals surface area contributed by atoms with Gasteiger partial charge in [-0.2, -0.15) is 0 Å². The molecular formula is C11H7BrClNO2. The first-order chi connectivity index (χ1) is 7.58. The summed E-state index contributed by atoms with van der Waals surface area (Å²) in [6, 6.07) is 8.53. The molecule has 0 aliphatic rings. The van der Waals surface area contributed by atoms with Gasteiger partial charge in [0, 0.05) is 15.1 Å². The molecule has 1 aromatic carbocycles. The highest BCUT2D eigenvalue weighted by Crippen LogP contribution is 2.31. The number of furan rings is 1. The van der Waals surface area contributed by atoms with Crippen LogP contribution in [0, 0.1) is 0 Å². The number of hydrogen-bond donors (Lipinski definition) is 1. The summed E-state index contributed by atoms with van der Waals surface area (Å²) < 4.78 is 6.10. The Morgan fingerprint density at radius 1 is 1.31 bits per heavy atom. The maximum atomic E-state index is 10.9. The van der Waals surface area contributed by atoms with Crippen molar-refractivity contribution in [2.75, 3.05) is 0 Å². The van der Waals surface area contributed by atoms with Crippen LogP contribution in [0.3, 0.4) is 0 Å². The summed E-state index contributed by atoms with van der Waals surface area (Å²) in [4.78, 5) is 10.9. The second-order valence-corrected chi connectivity index (χ2v) is 4.44. The Hall–Kier alpha value is -1.26. The van der Waals surface area contributed by atoms with E-state index in [1.54, 1.807) is 30.3 Å². The highest BCUT2D eigenvalue weighted by Gasteiger charge is 2.11. The third-order valence-corrected chi connectivity index (χ3v) is 2.94. The van der Waals surface area contributed by atoms with E-state index in [9.17, 15) is 4.79 Å². The van der Waals surface area contributed by atoms with E-state index in [2.05, 4.69) is 15.9 Å². The van der Waals surface area contributed by atoms with Crippen LogP contribution in [0.2, 0.25) is 5.02 Å². The van der Waals surface area contributed by atoms with E-state index in [0.717, 1.165) is 10.0 Å². The van der Waals surface area contributed by atoms with Crippen LogP contribution in [0.1, 0.15) is 10.6 Å². The molecule has 16 heavy (non-hydrogen) atoms. The summed E-state index contributed by atoms with van der Waals surface area (Å²) in [7, 11) is 0. The van der Waals surface area contributed by atoms with Gasteiger partial charge in [0.15, 0.2) is 5.76 Å². The minimum atomic E-state index is -0.587. The molecule has 1 amide bonds. The molecule has 0 aliphatic heterocycles. The topological polar surface area (TPSA) is 56.2 Å². The van der Waals surface area contributed by atoms with E-state index in [1.165, 1.54) is 0 Å². The number of benzene rings is 1. The number of nitrogens with two attached hydrogens (primary N) is 1. The smallest absolute Gasteiger partial charge is 0.284 e. The van der Waals surface area contributed by atoms with Crippen LogP contribution < -0.4 is 5.73 Å². The van der Waals surface area contributed by atoms with E-state index in [-0.39, 0.29) is 5.76 Å². The van der Waals surface area contributed by atoms with Gasteiger partial charge in [-0.1, -0.05) is 11.6 Å². The molecule has 0 fully saturated rings. The third kappa shape index (κ3) is 2.13. The average Bonchev–Trinajstić information content (AvgIpc) is 2.66. The van der Waals surface area contributed by atoms with Gasteiger partial charge in [-0.15, -0.1) is 0 Å². The summed E-state index contributed by atoms with van der Waals surface area (Å²) in [5.74, 6) is 0.116. The molecule has 1 aromatic heterocycles. The van der Waals surface area contributed by atoms with E-state index in [0.29, 0.717) is 10.8 Å². The maximum Gasteiger partial charge on any atom is 0.284 e. The van der Waals surface area contributed by atoms with Crippen molar-refractivity contribution in [2.24, 2.45) is 5.73 Å². The van der Waals surface area contributed by atoms with Crippen LogP contribution in [0.4, 0.5) is 0 Å². The molecule has 2 aromatic rings. The van der Waals surface area contributed by atoms with Crippen LogP contribution in [0.15, 0.2) is 39.2 Å². The summed E-state index contributed by atoms with van der Waals surface area (Å²) >= 11 is 9.19. The van der Waals surface area contributed by atoms with Crippen molar-refractivity contribution < 1.29 is 9.21 Å². The molecule has 1 heterocycles. The Labute approximate surface area is 105 Å². The van der Waals surface area contributed by atoms with Crippen LogP contribution in [0.5, 0.6) is 0 Å². The lowest BCUT2D eigenvalue weighted by Gasteiger charge is -2.01. The van der Waals surface area contributed by atoms with Crippen molar-refractivity contribution in [3.63, 3.8) is 0 Å². The van der Waals surface area contributed by atoms with E-state index in [4.69, 9.17) is 21.8 Å². The van der Waals surface area contributed by atoms with Gasteiger partial charge in [0.25, 0.3) is 5.91 Å². The molecular weight excluding hydrogens is 293 g/mol. The Bertz CT molecular complexity index is 551. The first-order valence-corrected chi connectivity index (χ1v) is 5.60. The quantitative estimate of drug-likeness (QED) is 0.923. The molecule has 0 spiro atoms. The Balaban J connectivity index is 2.46. The molecule has 2 rings (SSSR count). The molecule has 2 N–H and O–H groups in total. The zero-order chi connectivity index (χ0) is 11.7. The third-order valence-electron chi connectivity index (χ3n) is 2.05. The van der Waals surface area contributed by atoms with Gasteiger partial charge in [0.1, 0.15) is 5.76 Å². The van der Waals surface area contributed by atoms with Crippen molar-refractivity contribution in [3.05, 3.63) is 45.6 Å². The highest BCUT2D eigenvalue weighted by atomic mass is 79.9. The van der Waals surface area contributed by atoms with Crippen LogP contribution in [-0.4, -0.2) is 5.91 Å². The zero-order valence-corrected chi connectivity index (χ0v) is 10.4. The molecule has 3 nitrogen and oxygen atoms in total. The molecule has 0 saturated carbocycles. The van der Waals surface area contributed by atoms with Gasteiger partial charge >= 0.3 is 0 Å². The molecule has 82 valence electrons. The van der Waals surface area contributed by atoms with Gasteiger partial charge < -0.3 is 10.2 Å². The SMILES string of the molecule is NC(=O)c1ccc(-c2ccc(Cl)cc2Br)o1. The fourth-order valence-corrected chi connectivity index (χ4v) is 2.18. The van der Waals surface area contributed by atoms with Crippen molar-refractivity contribution in [1.82, 2.24) is 0 Å². The number of rotatable bonds is 2. The summed E-state index contributed by atoms with van der Waals surface area (Å²) in [6.45, 7) is 0. The van der Waals surface area contributed by atoms with E-state index < -0.39 is 5.91 Å². The lowest BCUT2D eigenvalue weighted by molar-refractivity contribution is 0.0974. The fourth-order valence-electron chi connectivity index (χ4n) is 1.30. The predicted molar refractivity (Wildman–Crippen MR) is 65.4 cm³/mol. The Morgan fingerprint density at radius 3 is 2.62 bits per heavy atom. The predicted octanol–water partition coefficient (Wildman–Crippen LogP) is 3.46. The highest BCUT2D eigenvalue weighted by molar-refractivity contribution is 9.10. The minimum Gasteiger partial charge on any atom is -0.451 e. The standard InChI is InChI=1S/C11H7BrClNO2/c12-8-5-6(13)1-2-7(8)9-3-4-10(16-9)11(14)15/h1-5H,(H2,14,15). The number of primary amides is 1. The first-order valence-electron chi connectivity index (χ1n) is 4.43. The van der Waals surface area contributed by atoms with E-state index >= 15 is 0 Å². The molecule has 5 heteroatoms. The summed E-state index contributed by atoms with van der Waals surface area (Å²) in [5.41, 5.74) is 5.92. The lowest BCUT2D eigenvalue weighted by Crippen LogP contribution is -2.09. The van der Waals surface area contributed by atoms with E-state index in [1.807, 2.05) is 0 Å². The Kier molecular flexibility index (Phi) is 3.03. The second-order valence-electron chi connectivity index (χ2n) is 3.15. The van der Waals surface area contributed by atoms with Gasteiger partial charge in [-0.3, -0.25) is 4.79 Å². The van der Waals surface area contributed by atoms with Crippen molar-refractivity contribution >= 4 is 33.4 Å². The number of carbonyl (C=O) groups is 1. The van der Waals surface area contributed by atoms with Crippen molar-refractivity contribution in [3.8, 4) is 11.3 Å². The number of hydrogen-bond acceptors (Lipinski definition) is 2. The largest absolute Gasteiger partial charge is 0.451 e. The van der Waals surface area contributed by atoms with Gasteiger partial charge in [-0.25, -0.2) is 0 Å². The second kappa shape index (κ2) is 4.31. The normalized spacial score (nSPS) is 10.4. The number of amides is 1. The molecule has 0 bridgehead atoms. The number of carbonyl (C=O) groups excluding carboxylic acids is 1. The molecule has 0 atom stereocenters. The Morgan fingerprint density at radius 2 is 2.06 bits per heavy atom. The first kappa shape index (κ1) is 11.2. The van der Waals surface area contributed by atoms with Crippen LogP contribution in [0.25, 0.3) is 11.3 Å². The summed E-state index contributed by atoms with van der Waals surface area (Å²) in [6.07, 6.45) is 0. The van der Waals surface area contributed by atoms with Gasteiger partial charge in [-0.05, 0) is 46.3 Å². The fraction of sp³-hybridized carbons (Fsp3) is 0. The maximum absolute atomic E-state index is 10.9. The van der Waals surface area contributed by atoms with Crippen molar-refractivity contribution in [2.45, 2.75) is 0 Å². The lowest BCUT2D eigenvalue weighted by atomic mass is 10.2. The monoisotopic (exact) mass is 299 g/mol. The summed E-state index contributed by atoms with van der Waals surface area (Å²) in [5, 5.41) is 0.623. The van der Waals surface area contributed by atoms with Crippen LogP contribution >= 0.6 is 27.5 Å². The molecule has 0 unspecified atom stereocenters. The molecule has 0 aliphatic carbocycles. The number of halogens is 2. The zero-order valence-electron chi connectivity index (χ0n) is 8.04. The van der Waals surface area contributed by atoms with Gasteiger partial charge in [0.05, 0.1) is 0 Å². The van der Waals surface area contributed by atoms with Crippen molar-refractivity contribution in [1.29, 1.82) is 0 Å².